The molecule has 1 aliphatic carbocycles. The van der Waals surface area contributed by atoms with Gasteiger partial charge < -0.3 is 24.2 Å². The number of aliphatic carboxylic acids is 1. The average Bonchev–Trinajstić information content (AvgIpc) is 2.86. The Balaban J connectivity index is 1.17. The second-order valence-electron chi connectivity index (χ2n) is 9.14. The van der Waals surface area contributed by atoms with Crippen LogP contribution in [0.15, 0.2) is 47.6 Å². The van der Waals surface area contributed by atoms with E-state index in [0.29, 0.717) is 26.4 Å². The fraction of sp³-hybridized carbons (Fsp3) is 0.481. The normalized spacial score (nSPS) is 22.6. The number of ether oxygens (including phenoxy) is 3. The van der Waals surface area contributed by atoms with E-state index < -0.39 is 11.8 Å². The zero-order chi connectivity index (χ0) is 24.0. The minimum atomic E-state index is -1.54. The Morgan fingerprint density at radius 3 is 2.47 bits per heavy atom. The zero-order valence-electron chi connectivity index (χ0n) is 19.9. The van der Waals surface area contributed by atoms with E-state index in [1.165, 1.54) is 37.3 Å². The molecule has 1 saturated heterocycles. The smallest absolute Gasteiger partial charge is 0.364 e. The summed E-state index contributed by atoms with van der Waals surface area (Å²) >= 11 is 0. The number of rotatable bonds is 9. The highest BCUT2D eigenvalue weighted by atomic mass is 16.7. The number of aryl methyl sites for hydroxylation is 2. The quantitative estimate of drug-likeness (QED) is 0.334. The summed E-state index contributed by atoms with van der Waals surface area (Å²) in [4.78, 5) is 16.6. The maximum atomic E-state index is 11.2. The minimum absolute atomic E-state index is 0.115. The van der Waals surface area contributed by atoms with E-state index in [9.17, 15) is 4.79 Å². The Bertz CT molecular complexity index is 1010. The number of oxime groups is 1. The van der Waals surface area contributed by atoms with Gasteiger partial charge in [-0.2, -0.15) is 0 Å². The third-order valence-corrected chi connectivity index (χ3v) is 6.44. The lowest BCUT2D eigenvalue weighted by molar-refractivity contribution is -0.270. The Morgan fingerprint density at radius 1 is 1.06 bits per heavy atom. The van der Waals surface area contributed by atoms with E-state index in [2.05, 4.69) is 23.4 Å². The van der Waals surface area contributed by atoms with Gasteiger partial charge in [0.15, 0.2) is 6.61 Å². The largest absolute Gasteiger partial charge is 0.490 e. The topological polar surface area (TPSA) is 86.6 Å². The lowest BCUT2D eigenvalue weighted by atomic mass is 9.90. The molecule has 1 heterocycles. The van der Waals surface area contributed by atoms with Gasteiger partial charge in [-0.1, -0.05) is 29.4 Å². The third-order valence-electron chi connectivity index (χ3n) is 6.44. The Morgan fingerprint density at radius 2 is 1.76 bits per heavy atom. The van der Waals surface area contributed by atoms with Crippen molar-refractivity contribution in [3.05, 3.63) is 64.7 Å². The van der Waals surface area contributed by atoms with Crippen LogP contribution in [-0.2, 0) is 38.4 Å². The van der Waals surface area contributed by atoms with Crippen molar-refractivity contribution in [2.45, 2.75) is 51.7 Å². The fourth-order valence-corrected chi connectivity index (χ4v) is 4.29. The Labute approximate surface area is 200 Å². The zero-order valence-corrected chi connectivity index (χ0v) is 19.9. The average molecular weight is 468 g/mol. The van der Waals surface area contributed by atoms with E-state index in [0.717, 1.165) is 35.4 Å². The summed E-state index contributed by atoms with van der Waals surface area (Å²) in [6.07, 6.45) is 5.61. The number of carboxylic acid groups (broad SMARTS) is 1. The van der Waals surface area contributed by atoms with Gasteiger partial charge in [-0.3, -0.25) is 0 Å². The van der Waals surface area contributed by atoms with Crippen LogP contribution in [0.5, 0.6) is 5.75 Å². The molecule has 1 aliphatic heterocycles. The first-order valence-electron chi connectivity index (χ1n) is 11.9. The van der Waals surface area contributed by atoms with Gasteiger partial charge in [0, 0.05) is 12.8 Å². The van der Waals surface area contributed by atoms with Crippen molar-refractivity contribution in [1.29, 1.82) is 0 Å². The van der Waals surface area contributed by atoms with Crippen LogP contribution < -0.4 is 4.74 Å². The molecule has 0 bridgehead atoms. The molecule has 0 atom stereocenters. The molecule has 0 aromatic heterocycles. The van der Waals surface area contributed by atoms with Crippen LogP contribution in [0.4, 0.5) is 0 Å². The van der Waals surface area contributed by atoms with Crippen LogP contribution in [0.3, 0.4) is 0 Å². The second kappa shape index (κ2) is 11.0. The first kappa shape index (κ1) is 24.2. The summed E-state index contributed by atoms with van der Waals surface area (Å²) in [7, 11) is 0. The van der Waals surface area contributed by atoms with Gasteiger partial charge in [0.2, 0.25) is 0 Å². The number of hydrogen-bond donors (Lipinski definition) is 1. The molecule has 0 spiro atoms. The lowest BCUT2D eigenvalue weighted by Crippen LogP contribution is -2.48. The molecule has 7 heteroatoms. The maximum absolute atomic E-state index is 11.2. The first-order chi connectivity index (χ1) is 16.4. The predicted octanol–water partition coefficient (Wildman–Crippen LogP) is 4.39. The van der Waals surface area contributed by atoms with Crippen LogP contribution in [0.1, 0.15) is 48.9 Å². The number of carboxylic acids is 1. The Kier molecular flexibility index (Phi) is 7.85. The maximum Gasteiger partial charge on any atom is 0.364 e. The van der Waals surface area contributed by atoms with Crippen molar-refractivity contribution in [2.24, 2.45) is 11.1 Å². The third kappa shape index (κ3) is 6.15. The van der Waals surface area contributed by atoms with Crippen molar-refractivity contribution in [2.75, 3.05) is 26.4 Å². The van der Waals surface area contributed by atoms with Gasteiger partial charge >= 0.3 is 5.97 Å². The van der Waals surface area contributed by atoms with Crippen LogP contribution in [0, 0.1) is 5.92 Å². The van der Waals surface area contributed by atoms with Gasteiger partial charge in [0.25, 0.3) is 5.79 Å². The molecule has 182 valence electrons. The molecular formula is C27H33NO6. The summed E-state index contributed by atoms with van der Waals surface area (Å²) in [6.45, 7) is 4.87. The molecule has 1 N–H and O–H groups in total. The van der Waals surface area contributed by atoms with Gasteiger partial charge in [0.05, 0.1) is 18.9 Å². The molecule has 0 radical (unpaired) electrons. The molecule has 0 amide bonds. The molecule has 1 fully saturated rings. The SMILES string of the molecule is C/C(=N\OCCOc1ccc(CC2COC(C)(C(=O)O)OC2)cc1)c1ccc2c(c1)CCCC2. The van der Waals surface area contributed by atoms with Crippen LogP contribution in [0.25, 0.3) is 0 Å². The van der Waals surface area contributed by atoms with Crippen molar-refractivity contribution >= 4 is 11.7 Å². The molecule has 0 unspecified atom stereocenters. The molecule has 34 heavy (non-hydrogen) atoms. The van der Waals surface area contributed by atoms with Gasteiger partial charge in [0.1, 0.15) is 12.4 Å². The van der Waals surface area contributed by atoms with Gasteiger partial charge in [-0.15, -0.1) is 0 Å². The lowest BCUT2D eigenvalue weighted by Gasteiger charge is -2.34. The summed E-state index contributed by atoms with van der Waals surface area (Å²) in [5, 5.41) is 13.4. The number of carbonyl (C=O) groups is 1. The number of benzene rings is 2. The molecule has 2 aromatic carbocycles. The standard InChI is InChI=1S/C27H33NO6/c1-19(23-10-9-22-5-3-4-6-24(22)16-23)28-34-14-13-31-25-11-7-20(8-12-25)15-21-17-32-27(2,26(29)30)33-18-21/h7-12,16,21H,3-6,13-15,17-18H2,1-2H3,(H,29,30)/b28-19+. The van der Waals surface area contributed by atoms with E-state index >= 15 is 0 Å². The fourth-order valence-electron chi connectivity index (χ4n) is 4.29. The molecular weight excluding hydrogens is 434 g/mol. The molecule has 7 nitrogen and oxygen atoms in total. The van der Waals surface area contributed by atoms with E-state index in [1.807, 2.05) is 31.2 Å². The molecule has 4 rings (SSSR count). The first-order valence-corrected chi connectivity index (χ1v) is 11.9. The number of nitrogens with zero attached hydrogens (tertiary/aromatic N) is 1. The summed E-state index contributed by atoms with van der Waals surface area (Å²) in [6, 6.07) is 14.4. The number of hydrogen-bond acceptors (Lipinski definition) is 6. The summed E-state index contributed by atoms with van der Waals surface area (Å²) < 4.78 is 16.6. The molecule has 2 aromatic rings. The number of fused-ring (bicyclic) bond motifs is 1. The van der Waals surface area contributed by atoms with Crippen molar-refractivity contribution in [1.82, 2.24) is 0 Å². The van der Waals surface area contributed by atoms with Crippen LogP contribution >= 0.6 is 0 Å². The van der Waals surface area contributed by atoms with E-state index in [-0.39, 0.29) is 5.92 Å². The van der Waals surface area contributed by atoms with E-state index in [4.69, 9.17) is 24.2 Å². The predicted molar refractivity (Wildman–Crippen MR) is 128 cm³/mol. The monoisotopic (exact) mass is 467 g/mol. The second-order valence-corrected chi connectivity index (χ2v) is 9.14. The molecule has 0 saturated carbocycles. The highest BCUT2D eigenvalue weighted by molar-refractivity contribution is 5.98. The minimum Gasteiger partial charge on any atom is -0.490 e. The van der Waals surface area contributed by atoms with Crippen LogP contribution in [-0.4, -0.2) is 49.0 Å². The Hall–Kier alpha value is -2.90. The van der Waals surface area contributed by atoms with Crippen molar-refractivity contribution in [3.63, 3.8) is 0 Å². The van der Waals surface area contributed by atoms with Crippen LogP contribution in [0.2, 0.25) is 0 Å². The van der Waals surface area contributed by atoms with Gasteiger partial charge in [-0.05, 0) is 79.5 Å². The van der Waals surface area contributed by atoms with Crippen molar-refractivity contribution in [3.8, 4) is 5.75 Å². The van der Waals surface area contributed by atoms with Crippen molar-refractivity contribution < 1.29 is 28.9 Å². The summed E-state index contributed by atoms with van der Waals surface area (Å²) in [5.41, 5.74) is 6.00. The highest BCUT2D eigenvalue weighted by Crippen LogP contribution is 2.25. The van der Waals surface area contributed by atoms with E-state index in [1.54, 1.807) is 0 Å². The summed E-state index contributed by atoms with van der Waals surface area (Å²) in [5.74, 6) is -1.77. The molecule has 2 aliphatic rings. The highest BCUT2D eigenvalue weighted by Gasteiger charge is 2.40. The van der Waals surface area contributed by atoms with Gasteiger partial charge in [-0.25, -0.2) is 4.79 Å².